The van der Waals surface area contributed by atoms with E-state index in [9.17, 15) is 0 Å². The second kappa shape index (κ2) is 1.41. The lowest BCUT2D eigenvalue weighted by Gasteiger charge is -2.09. The van der Waals surface area contributed by atoms with Gasteiger partial charge in [-0.3, -0.25) is 0 Å². The maximum absolute atomic E-state index is 3.31. The average molecular weight is 110 g/mol. The lowest BCUT2D eigenvalue weighted by atomic mass is 10.4. The largest absolute Gasteiger partial charge is 0.370 e. The zero-order valence-electron chi connectivity index (χ0n) is 4.85. The van der Waals surface area contributed by atoms with Crippen LogP contribution in [0.25, 0.3) is 0 Å². The molecule has 2 nitrogen and oxygen atoms in total. The van der Waals surface area contributed by atoms with Crippen LogP contribution >= 0.6 is 0 Å². The molecule has 0 amide bonds. The lowest BCUT2D eigenvalue weighted by molar-refractivity contribution is 0.432. The molecule has 0 aromatic carbocycles. The van der Waals surface area contributed by atoms with Crippen LogP contribution in [0, 0.1) is 0 Å². The smallest absolute Gasteiger partial charge is 0.0973 e. The van der Waals surface area contributed by atoms with Crippen LogP contribution < -0.4 is 5.32 Å². The van der Waals surface area contributed by atoms with Crippen molar-refractivity contribution in [3.05, 3.63) is 11.9 Å². The van der Waals surface area contributed by atoms with Gasteiger partial charge in [0.2, 0.25) is 0 Å². The third-order valence-electron chi connectivity index (χ3n) is 1.77. The topological polar surface area (TPSA) is 15.3 Å². The summed E-state index contributed by atoms with van der Waals surface area (Å²) in [6.07, 6.45) is 3.51. The molecule has 0 radical (unpaired) electrons. The summed E-state index contributed by atoms with van der Waals surface area (Å²) in [5.41, 5.74) is 0. The Bertz CT molecular complexity index is 128. The zero-order valence-corrected chi connectivity index (χ0v) is 4.85. The lowest BCUT2D eigenvalue weighted by Crippen LogP contribution is -2.14. The van der Waals surface area contributed by atoms with Crippen molar-refractivity contribution in [2.24, 2.45) is 0 Å². The predicted octanol–water partition coefficient (Wildman–Crippen LogP) is 0.137. The molecule has 2 aliphatic rings. The van der Waals surface area contributed by atoms with E-state index in [0.29, 0.717) is 0 Å². The summed E-state index contributed by atoms with van der Waals surface area (Å²) in [6.45, 7) is 3.60. The van der Waals surface area contributed by atoms with Crippen LogP contribution in [0.3, 0.4) is 0 Å². The van der Waals surface area contributed by atoms with Crippen molar-refractivity contribution in [3.8, 4) is 0 Å². The number of nitrogens with one attached hydrogen (secondary N) is 1. The van der Waals surface area contributed by atoms with Crippen LogP contribution in [-0.4, -0.2) is 24.5 Å². The van der Waals surface area contributed by atoms with Gasteiger partial charge in [0.1, 0.15) is 0 Å². The maximum atomic E-state index is 3.31. The van der Waals surface area contributed by atoms with Gasteiger partial charge in [0, 0.05) is 19.6 Å². The summed E-state index contributed by atoms with van der Waals surface area (Å²) in [6, 6.07) is 0. The Morgan fingerprint density at radius 2 is 2.50 bits per heavy atom. The van der Waals surface area contributed by atoms with Gasteiger partial charge in [0.25, 0.3) is 0 Å². The Morgan fingerprint density at radius 1 is 1.50 bits per heavy atom. The standard InChI is InChI=1S/C6H10N2/c1-2-6-7-3-5-8(6)4-1/h2,7H,1,3-5H2. The van der Waals surface area contributed by atoms with Crippen molar-refractivity contribution in [1.29, 1.82) is 0 Å². The van der Waals surface area contributed by atoms with Crippen molar-refractivity contribution in [2.75, 3.05) is 19.6 Å². The summed E-state index contributed by atoms with van der Waals surface area (Å²) in [4.78, 5) is 2.39. The molecule has 44 valence electrons. The van der Waals surface area contributed by atoms with Crippen molar-refractivity contribution in [1.82, 2.24) is 10.2 Å². The Hall–Kier alpha value is -0.660. The summed E-state index contributed by atoms with van der Waals surface area (Å²) in [7, 11) is 0. The Kier molecular flexibility index (Phi) is 0.745. The summed E-state index contributed by atoms with van der Waals surface area (Å²) >= 11 is 0. The second-order valence-electron chi connectivity index (χ2n) is 2.29. The van der Waals surface area contributed by atoms with Crippen molar-refractivity contribution in [2.45, 2.75) is 6.42 Å². The normalized spacial score (nSPS) is 25.0. The Balaban J connectivity index is 2.20. The molecule has 1 N–H and O–H groups in total. The number of hydrogen-bond donors (Lipinski definition) is 1. The van der Waals surface area contributed by atoms with Crippen LogP contribution in [-0.2, 0) is 0 Å². The van der Waals surface area contributed by atoms with Crippen molar-refractivity contribution >= 4 is 0 Å². The SMILES string of the molecule is C1=C2NCCN2CC1. The van der Waals surface area contributed by atoms with Crippen LogP contribution in [0.2, 0.25) is 0 Å². The molecule has 0 spiro atoms. The molecular formula is C6H10N2. The minimum atomic E-state index is 1.14. The first-order chi connectivity index (χ1) is 3.97. The number of hydrogen-bond acceptors (Lipinski definition) is 2. The molecular weight excluding hydrogens is 100 g/mol. The minimum absolute atomic E-state index is 1.14. The van der Waals surface area contributed by atoms with Crippen LogP contribution in [0.1, 0.15) is 6.42 Å². The molecule has 2 rings (SSSR count). The molecule has 2 heteroatoms. The van der Waals surface area contributed by atoms with Gasteiger partial charge in [-0.25, -0.2) is 0 Å². The first-order valence-electron chi connectivity index (χ1n) is 3.16. The van der Waals surface area contributed by atoms with E-state index in [2.05, 4.69) is 16.3 Å². The molecule has 0 aromatic heterocycles. The monoisotopic (exact) mass is 110 g/mol. The van der Waals surface area contributed by atoms with E-state index in [1.165, 1.54) is 25.3 Å². The predicted molar refractivity (Wildman–Crippen MR) is 32.3 cm³/mol. The molecule has 0 aromatic rings. The molecule has 0 aliphatic carbocycles. The van der Waals surface area contributed by atoms with E-state index in [1.807, 2.05) is 0 Å². The summed E-state index contributed by atoms with van der Waals surface area (Å²) in [5.74, 6) is 1.37. The third-order valence-corrected chi connectivity index (χ3v) is 1.77. The molecule has 2 aliphatic heterocycles. The fraction of sp³-hybridized carbons (Fsp3) is 0.667. The molecule has 8 heavy (non-hydrogen) atoms. The van der Waals surface area contributed by atoms with E-state index in [4.69, 9.17) is 0 Å². The van der Waals surface area contributed by atoms with Gasteiger partial charge in [-0.05, 0) is 12.5 Å². The minimum Gasteiger partial charge on any atom is -0.370 e. The number of rotatable bonds is 0. The van der Waals surface area contributed by atoms with Gasteiger partial charge in [0.15, 0.2) is 0 Å². The molecule has 0 saturated carbocycles. The van der Waals surface area contributed by atoms with Gasteiger partial charge >= 0.3 is 0 Å². The Labute approximate surface area is 49.2 Å². The molecule has 0 unspecified atom stereocenters. The highest BCUT2D eigenvalue weighted by atomic mass is 15.3. The molecule has 0 atom stereocenters. The third kappa shape index (κ3) is 0.427. The van der Waals surface area contributed by atoms with Crippen LogP contribution in [0.5, 0.6) is 0 Å². The van der Waals surface area contributed by atoms with Gasteiger partial charge in [-0.15, -0.1) is 0 Å². The Morgan fingerprint density at radius 3 is 3.38 bits per heavy atom. The van der Waals surface area contributed by atoms with Gasteiger partial charge in [-0.1, -0.05) is 0 Å². The van der Waals surface area contributed by atoms with Crippen molar-refractivity contribution < 1.29 is 0 Å². The fourth-order valence-corrected chi connectivity index (χ4v) is 1.34. The molecule has 1 fully saturated rings. The number of nitrogens with zero attached hydrogens (tertiary/aromatic N) is 1. The second-order valence-corrected chi connectivity index (χ2v) is 2.29. The maximum Gasteiger partial charge on any atom is 0.0973 e. The van der Waals surface area contributed by atoms with E-state index in [-0.39, 0.29) is 0 Å². The molecule has 1 saturated heterocycles. The summed E-state index contributed by atoms with van der Waals surface area (Å²) in [5, 5.41) is 3.31. The average Bonchev–Trinajstić information content (AvgIpc) is 2.15. The molecule has 2 heterocycles. The van der Waals surface area contributed by atoms with Crippen LogP contribution in [0.4, 0.5) is 0 Å². The quantitative estimate of drug-likeness (QED) is 0.477. The first kappa shape index (κ1) is 4.24. The first-order valence-corrected chi connectivity index (χ1v) is 3.16. The van der Waals surface area contributed by atoms with Gasteiger partial charge in [-0.2, -0.15) is 0 Å². The van der Waals surface area contributed by atoms with Crippen molar-refractivity contribution in [3.63, 3.8) is 0 Å². The zero-order chi connectivity index (χ0) is 5.40. The highest BCUT2D eigenvalue weighted by molar-refractivity contribution is 5.09. The summed E-state index contributed by atoms with van der Waals surface area (Å²) < 4.78 is 0. The van der Waals surface area contributed by atoms with Crippen LogP contribution in [0.15, 0.2) is 11.9 Å². The van der Waals surface area contributed by atoms with E-state index >= 15 is 0 Å². The van der Waals surface area contributed by atoms with E-state index in [1.54, 1.807) is 0 Å². The van der Waals surface area contributed by atoms with Gasteiger partial charge < -0.3 is 10.2 Å². The highest BCUT2D eigenvalue weighted by Crippen LogP contribution is 2.14. The van der Waals surface area contributed by atoms with E-state index in [0.717, 1.165) is 6.54 Å². The highest BCUT2D eigenvalue weighted by Gasteiger charge is 2.18. The van der Waals surface area contributed by atoms with E-state index < -0.39 is 0 Å². The fourth-order valence-electron chi connectivity index (χ4n) is 1.34. The molecule has 0 bridgehead atoms. The number of fused-ring (bicyclic) bond motifs is 1. The van der Waals surface area contributed by atoms with Gasteiger partial charge in [0.05, 0.1) is 5.82 Å².